The lowest BCUT2D eigenvalue weighted by atomic mass is 9.78. The van der Waals surface area contributed by atoms with Crippen LogP contribution in [0.2, 0.25) is 18.1 Å². The van der Waals surface area contributed by atoms with E-state index in [2.05, 4.69) is 81.9 Å². The number of methoxy groups -OCH3 is 1. The fourth-order valence-corrected chi connectivity index (χ4v) is 11.2. The second-order valence-electron chi connectivity index (χ2n) is 16.3. The topological polar surface area (TPSA) is 72.5 Å². The first kappa shape index (κ1) is 43.3. The Morgan fingerprint density at radius 1 is 0.833 bits per heavy atom. The number of carbonyl (C=O) groups is 1. The minimum absolute atomic E-state index is 0.0280. The number of rotatable bonds is 18. The number of ketones is 1. The van der Waals surface area contributed by atoms with Gasteiger partial charge in [0.2, 0.25) is 0 Å². The zero-order chi connectivity index (χ0) is 36.8. The highest BCUT2D eigenvalue weighted by Crippen LogP contribution is 2.42. The summed E-state index contributed by atoms with van der Waals surface area (Å²) < 4.78 is 39.2. The number of ether oxygens (including phenoxy) is 5. The van der Waals surface area contributed by atoms with E-state index in [1.54, 1.807) is 7.11 Å². The molecule has 2 aliphatic heterocycles. The van der Waals surface area contributed by atoms with Gasteiger partial charge < -0.3 is 28.1 Å². The maximum atomic E-state index is 14.5. The number of carbonyl (C=O) groups excluding carboxylic acids is 1. The second kappa shape index (κ2) is 18.1. The summed E-state index contributed by atoms with van der Waals surface area (Å²) >= 11 is 0. The smallest absolute Gasteiger partial charge is 0.193 e. The van der Waals surface area contributed by atoms with Crippen molar-refractivity contribution in [2.24, 2.45) is 29.6 Å². The van der Waals surface area contributed by atoms with Crippen molar-refractivity contribution in [2.75, 3.05) is 7.11 Å². The van der Waals surface area contributed by atoms with Crippen molar-refractivity contribution in [3.63, 3.8) is 0 Å². The Kier molecular flexibility index (Phi) is 16.3. The number of allylic oxidation sites excluding steroid dienone is 2. The average molecular weight is 695 g/mol. The Labute approximate surface area is 296 Å². The van der Waals surface area contributed by atoms with E-state index in [1.807, 2.05) is 34.6 Å². The predicted molar refractivity (Wildman–Crippen MR) is 199 cm³/mol. The van der Waals surface area contributed by atoms with Crippen molar-refractivity contribution >= 4 is 14.1 Å². The Hall–Kier alpha value is -0.873. The van der Waals surface area contributed by atoms with E-state index >= 15 is 0 Å². The molecule has 0 amide bonds. The Balaban J connectivity index is 2.37. The van der Waals surface area contributed by atoms with Crippen LogP contribution < -0.4 is 0 Å². The molecule has 2 heterocycles. The van der Waals surface area contributed by atoms with Gasteiger partial charge in [-0.05, 0) is 91.3 Å². The van der Waals surface area contributed by atoms with Crippen LogP contribution in [0.25, 0.3) is 0 Å². The van der Waals surface area contributed by atoms with E-state index in [9.17, 15) is 4.79 Å². The molecule has 0 aromatic rings. The third-order valence-electron chi connectivity index (χ3n) is 11.5. The lowest BCUT2D eigenvalue weighted by Gasteiger charge is -2.50. The van der Waals surface area contributed by atoms with Crippen LogP contribution in [0, 0.1) is 29.6 Å². The van der Waals surface area contributed by atoms with E-state index in [0.29, 0.717) is 12.3 Å². The molecule has 0 aliphatic carbocycles. The lowest BCUT2D eigenvalue weighted by Crippen LogP contribution is -2.56. The normalized spacial score (nSPS) is 31.0. The van der Waals surface area contributed by atoms with Crippen LogP contribution in [-0.2, 0) is 32.9 Å². The van der Waals surface area contributed by atoms with Crippen LogP contribution in [0.5, 0.6) is 0 Å². The van der Waals surface area contributed by atoms with Gasteiger partial charge in [-0.25, -0.2) is 0 Å². The molecule has 0 saturated carbocycles. The van der Waals surface area contributed by atoms with Crippen LogP contribution in [0.1, 0.15) is 123 Å². The molecule has 7 nitrogen and oxygen atoms in total. The molecule has 2 rings (SSSR count). The molecule has 0 aromatic carbocycles. The van der Waals surface area contributed by atoms with Crippen LogP contribution >= 0.6 is 0 Å². The maximum absolute atomic E-state index is 14.5. The molecule has 0 unspecified atom stereocenters. The van der Waals surface area contributed by atoms with Crippen molar-refractivity contribution < 1.29 is 32.9 Å². The third kappa shape index (κ3) is 11.1. The van der Waals surface area contributed by atoms with Gasteiger partial charge in [0.05, 0.1) is 30.5 Å². The van der Waals surface area contributed by atoms with Gasteiger partial charge in [-0.1, -0.05) is 79.2 Å². The summed E-state index contributed by atoms with van der Waals surface area (Å²) in [6, 6.07) is 2.93. The number of Topliss-reactive ketones (excluding diaryl/α,β-unsaturated/α-hetero) is 1. The quantitative estimate of drug-likeness (QED) is 0.104. The van der Waals surface area contributed by atoms with Gasteiger partial charge in [0.1, 0.15) is 6.10 Å². The average Bonchev–Trinajstić information content (AvgIpc) is 3.02. The van der Waals surface area contributed by atoms with Gasteiger partial charge in [-0.15, -0.1) is 0 Å². The summed E-state index contributed by atoms with van der Waals surface area (Å²) in [7, 11) is -0.392. The standard InChI is InChI=1S/C40H74O7Si/c1-18-26(7)22-27(8)36-31(12)38(46-40(15,16)44-36)29(10)33(42-17)24-32(41)34(47-48(19-2,20-3)21-4)23-28(9)37-30(11)35(25(5)6)43-39(13,14)45-37/h18,27-31,33-38H,5,19-24H2,1-4,6-17H3/b26-18+/t27-,28-,29+,30-,31+,33-,34-,35-,36-,37-,38-/m0/s1. The zero-order valence-electron chi connectivity index (χ0n) is 33.7. The minimum Gasteiger partial charge on any atom is -0.407 e. The molecule has 280 valence electrons. The van der Waals surface area contributed by atoms with Gasteiger partial charge in [0, 0.05) is 31.3 Å². The van der Waals surface area contributed by atoms with Gasteiger partial charge >= 0.3 is 0 Å². The van der Waals surface area contributed by atoms with E-state index in [-0.39, 0.29) is 66.4 Å². The van der Waals surface area contributed by atoms with E-state index < -0.39 is 26.0 Å². The fourth-order valence-electron chi connectivity index (χ4n) is 8.32. The van der Waals surface area contributed by atoms with Gasteiger partial charge in [-0.2, -0.15) is 0 Å². The number of hydrogen-bond donors (Lipinski definition) is 0. The van der Waals surface area contributed by atoms with E-state index in [4.69, 9.17) is 28.1 Å². The van der Waals surface area contributed by atoms with Crippen molar-refractivity contribution in [2.45, 2.75) is 189 Å². The highest BCUT2D eigenvalue weighted by molar-refractivity contribution is 6.73. The van der Waals surface area contributed by atoms with Crippen LogP contribution in [-0.4, -0.2) is 69.4 Å². The molecule has 2 fully saturated rings. The summed E-state index contributed by atoms with van der Waals surface area (Å²) in [5, 5.41) is 0. The van der Waals surface area contributed by atoms with E-state index in [1.165, 1.54) is 5.57 Å². The third-order valence-corrected chi connectivity index (χ3v) is 16.2. The van der Waals surface area contributed by atoms with Crippen molar-refractivity contribution in [1.82, 2.24) is 0 Å². The van der Waals surface area contributed by atoms with Crippen LogP contribution in [0.4, 0.5) is 0 Å². The predicted octanol–water partition coefficient (Wildman–Crippen LogP) is 9.89. The van der Waals surface area contributed by atoms with Gasteiger partial charge in [-0.3, -0.25) is 4.79 Å². The monoisotopic (exact) mass is 695 g/mol. The largest absolute Gasteiger partial charge is 0.407 e. The Morgan fingerprint density at radius 2 is 1.33 bits per heavy atom. The van der Waals surface area contributed by atoms with Gasteiger partial charge in [0.15, 0.2) is 25.7 Å². The molecule has 48 heavy (non-hydrogen) atoms. The highest BCUT2D eigenvalue weighted by Gasteiger charge is 2.48. The van der Waals surface area contributed by atoms with Crippen molar-refractivity contribution in [1.29, 1.82) is 0 Å². The molecule has 0 aromatic heterocycles. The van der Waals surface area contributed by atoms with Crippen LogP contribution in [0.15, 0.2) is 23.8 Å². The summed E-state index contributed by atoms with van der Waals surface area (Å²) in [6.07, 6.45) is 2.86. The van der Waals surface area contributed by atoms with E-state index in [0.717, 1.165) is 30.1 Å². The first-order valence-corrected chi connectivity index (χ1v) is 21.4. The maximum Gasteiger partial charge on any atom is 0.193 e. The first-order chi connectivity index (χ1) is 22.2. The van der Waals surface area contributed by atoms with Crippen LogP contribution in [0.3, 0.4) is 0 Å². The second-order valence-corrected chi connectivity index (χ2v) is 21.1. The Morgan fingerprint density at radius 3 is 1.81 bits per heavy atom. The minimum atomic E-state index is -2.11. The molecule has 11 atom stereocenters. The summed E-state index contributed by atoms with van der Waals surface area (Å²) in [5.74, 6) is -0.777. The first-order valence-electron chi connectivity index (χ1n) is 18.9. The Bertz CT molecular complexity index is 1060. The molecule has 8 heteroatoms. The SMILES string of the molecule is C=C(C)[C@@H]1OC(C)(C)O[C@@H]([C@@H](C)C[C@H](O[Si](CC)(CC)CC)C(=O)C[C@H](OC)[C@@H](C)[C@@H]2OC(C)(C)O[C@@H]([C@@H](C)C/C(C)=C/C)[C@H]2C)[C@H]1C. The highest BCUT2D eigenvalue weighted by atomic mass is 28.4. The zero-order valence-corrected chi connectivity index (χ0v) is 34.7. The van der Waals surface area contributed by atoms with Crippen molar-refractivity contribution in [3.05, 3.63) is 23.8 Å². The number of hydrogen-bond acceptors (Lipinski definition) is 7. The van der Waals surface area contributed by atoms with Crippen molar-refractivity contribution in [3.8, 4) is 0 Å². The summed E-state index contributed by atoms with van der Waals surface area (Å²) in [5.41, 5.74) is 2.35. The molecular formula is C40H74O7Si. The molecule has 2 aliphatic rings. The lowest BCUT2D eigenvalue weighted by molar-refractivity contribution is -0.338. The molecule has 0 bridgehead atoms. The molecule has 2 saturated heterocycles. The fraction of sp³-hybridized carbons (Fsp3) is 0.875. The molecule has 0 radical (unpaired) electrons. The molecule has 0 N–H and O–H groups in total. The molecular weight excluding hydrogens is 621 g/mol. The summed E-state index contributed by atoms with van der Waals surface area (Å²) in [6.45, 7) is 36.1. The molecule has 0 spiro atoms. The summed E-state index contributed by atoms with van der Waals surface area (Å²) in [4.78, 5) is 14.5. The van der Waals surface area contributed by atoms with Gasteiger partial charge in [0.25, 0.3) is 0 Å².